The van der Waals surface area contributed by atoms with Gasteiger partial charge in [-0.15, -0.1) is 0 Å². The maximum absolute atomic E-state index is 12.1. The molecule has 0 bridgehead atoms. The minimum atomic E-state index is -0.0712. The van der Waals surface area contributed by atoms with Crippen LogP contribution in [0.3, 0.4) is 0 Å². The summed E-state index contributed by atoms with van der Waals surface area (Å²) in [5, 5.41) is 0. The largest absolute Gasteiger partial charge is 0.492 e. The van der Waals surface area contributed by atoms with Gasteiger partial charge in [-0.25, -0.2) is 0 Å². The molecule has 0 aromatic heterocycles. The molecule has 1 unspecified atom stereocenters. The molecule has 0 heterocycles. The minimum absolute atomic E-state index is 0.0712. The van der Waals surface area contributed by atoms with Crippen molar-refractivity contribution in [3.05, 3.63) is 23.8 Å². The number of hydrogen-bond acceptors (Lipinski definition) is 3. The quantitative estimate of drug-likeness (QED) is 0.804. The van der Waals surface area contributed by atoms with Gasteiger partial charge in [0.1, 0.15) is 5.75 Å². The van der Waals surface area contributed by atoms with Crippen molar-refractivity contribution in [3.8, 4) is 5.75 Å². The van der Waals surface area contributed by atoms with Crippen LogP contribution in [0.4, 0.5) is 5.69 Å². The van der Waals surface area contributed by atoms with E-state index in [1.165, 1.54) is 4.90 Å². The van der Waals surface area contributed by atoms with Gasteiger partial charge in [-0.2, -0.15) is 0 Å². The first kappa shape index (κ1) is 15.3. The summed E-state index contributed by atoms with van der Waals surface area (Å²) in [5.41, 5.74) is 6.93. The lowest BCUT2D eigenvalue weighted by Crippen LogP contribution is -2.23. The number of carbonyl (C=O) groups excluding carboxylic acids is 1. The van der Waals surface area contributed by atoms with E-state index in [0.29, 0.717) is 29.5 Å². The summed E-state index contributed by atoms with van der Waals surface area (Å²) in [5.74, 6) is 0.966. The van der Waals surface area contributed by atoms with Crippen molar-refractivity contribution >= 4 is 11.6 Å². The van der Waals surface area contributed by atoms with Gasteiger partial charge in [0.15, 0.2) is 0 Å². The highest BCUT2D eigenvalue weighted by Gasteiger charge is 2.15. The SMILES string of the molecule is CCCC(C)COc1cc(N)ccc1C(=O)N(C)C. The molecule has 4 nitrogen and oxygen atoms in total. The van der Waals surface area contributed by atoms with Crippen molar-refractivity contribution in [1.29, 1.82) is 0 Å². The molecular weight excluding hydrogens is 240 g/mol. The molecule has 1 atom stereocenters. The van der Waals surface area contributed by atoms with Crippen LogP contribution in [0, 0.1) is 5.92 Å². The topological polar surface area (TPSA) is 55.6 Å². The van der Waals surface area contributed by atoms with E-state index < -0.39 is 0 Å². The first-order chi connectivity index (χ1) is 8.95. The van der Waals surface area contributed by atoms with Crippen LogP contribution in [0.1, 0.15) is 37.0 Å². The van der Waals surface area contributed by atoms with Crippen molar-refractivity contribution in [2.45, 2.75) is 26.7 Å². The second kappa shape index (κ2) is 7.02. The fourth-order valence-electron chi connectivity index (χ4n) is 1.88. The number of benzene rings is 1. The van der Waals surface area contributed by atoms with Gasteiger partial charge in [0, 0.05) is 25.8 Å². The highest BCUT2D eigenvalue weighted by molar-refractivity contribution is 5.97. The Morgan fingerprint density at radius 2 is 2.11 bits per heavy atom. The molecule has 0 aliphatic heterocycles. The Labute approximate surface area is 115 Å². The number of ether oxygens (including phenoxy) is 1. The minimum Gasteiger partial charge on any atom is -0.492 e. The molecular formula is C15H24N2O2. The first-order valence-electron chi connectivity index (χ1n) is 6.69. The fourth-order valence-corrected chi connectivity index (χ4v) is 1.88. The Hall–Kier alpha value is -1.71. The Balaban J connectivity index is 2.85. The third-order valence-electron chi connectivity index (χ3n) is 2.95. The number of nitrogen functional groups attached to an aromatic ring is 1. The fraction of sp³-hybridized carbons (Fsp3) is 0.533. The summed E-state index contributed by atoms with van der Waals surface area (Å²) in [6, 6.07) is 5.16. The van der Waals surface area contributed by atoms with Crippen molar-refractivity contribution in [1.82, 2.24) is 4.90 Å². The molecule has 1 amide bonds. The van der Waals surface area contributed by atoms with E-state index in [0.717, 1.165) is 12.8 Å². The molecule has 0 fully saturated rings. The van der Waals surface area contributed by atoms with Crippen molar-refractivity contribution < 1.29 is 9.53 Å². The summed E-state index contributed by atoms with van der Waals surface area (Å²) >= 11 is 0. The molecule has 0 saturated carbocycles. The van der Waals surface area contributed by atoms with Crippen LogP contribution in [-0.4, -0.2) is 31.5 Å². The van der Waals surface area contributed by atoms with E-state index in [2.05, 4.69) is 13.8 Å². The van der Waals surface area contributed by atoms with Gasteiger partial charge in [0.25, 0.3) is 5.91 Å². The molecule has 0 radical (unpaired) electrons. The molecule has 1 aromatic carbocycles. The molecule has 0 aliphatic rings. The predicted octanol–water partition coefficient (Wildman–Crippen LogP) is 2.79. The van der Waals surface area contributed by atoms with Crippen molar-refractivity contribution in [3.63, 3.8) is 0 Å². The summed E-state index contributed by atoms with van der Waals surface area (Å²) in [6.45, 7) is 4.90. The van der Waals surface area contributed by atoms with Crippen molar-refractivity contribution in [2.24, 2.45) is 5.92 Å². The molecule has 0 aliphatic carbocycles. The summed E-state index contributed by atoms with van der Waals surface area (Å²) in [4.78, 5) is 13.6. The van der Waals surface area contributed by atoms with Crippen LogP contribution in [0.5, 0.6) is 5.75 Å². The Kier molecular flexibility index (Phi) is 5.67. The van der Waals surface area contributed by atoms with E-state index in [1.807, 2.05) is 0 Å². The Bertz CT molecular complexity index is 430. The van der Waals surface area contributed by atoms with E-state index >= 15 is 0 Å². The number of nitrogens with zero attached hydrogens (tertiary/aromatic N) is 1. The van der Waals surface area contributed by atoms with Crippen LogP contribution in [0.25, 0.3) is 0 Å². The number of rotatable bonds is 6. The molecule has 106 valence electrons. The lowest BCUT2D eigenvalue weighted by atomic mass is 10.1. The van der Waals surface area contributed by atoms with E-state index in [1.54, 1.807) is 32.3 Å². The molecule has 19 heavy (non-hydrogen) atoms. The number of hydrogen-bond donors (Lipinski definition) is 1. The maximum atomic E-state index is 12.1. The van der Waals surface area contributed by atoms with Crippen LogP contribution >= 0.6 is 0 Å². The average molecular weight is 264 g/mol. The van der Waals surface area contributed by atoms with E-state index in [-0.39, 0.29) is 5.91 Å². The van der Waals surface area contributed by atoms with Crippen LogP contribution in [0.15, 0.2) is 18.2 Å². The summed E-state index contributed by atoms with van der Waals surface area (Å²) in [6.07, 6.45) is 2.24. The van der Waals surface area contributed by atoms with Gasteiger partial charge in [0.2, 0.25) is 0 Å². The predicted molar refractivity (Wildman–Crippen MR) is 78.4 cm³/mol. The van der Waals surface area contributed by atoms with E-state index in [9.17, 15) is 4.79 Å². The Morgan fingerprint density at radius 1 is 1.42 bits per heavy atom. The zero-order valence-corrected chi connectivity index (χ0v) is 12.3. The molecule has 4 heteroatoms. The van der Waals surface area contributed by atoms with Gasteiger partial charge in [-0.1, -0.05) is 20.3 Å². The van der Waals surface area contributed by atoms with E-state index in [4.69, 9.17) is 10.5 Å². The number of amides is 1. The zero-order valence-electron chi connectivity index (χ0n) is 12.3. The molecule has 0 saturated heterocycles. The molecule has 2 N–H and O–H groups in total. The average Bonchev–Trinajstić information content (AvgIpc) is 2.36. The second-order valence-corrected chi connectivity index (χ2v) is 5.16. The smallest absolute Gasteiger partial charge is 0.257 e. The zero-order chi connectivity index (χ0) is 14.4. The lowest BCUT2D eigenvalue weighted by molar-refractivity contribution is 0.0822. The number of anilines is 1. The molecule has 1 aromatic rings. The second-order valence-electron chi connectivity index (χ2n) is 5.16. The first-order valence-corrected chi connectivity index (χ1v) is 6.69. The van der Waals surface area contributed by atoms with Gasteiger partial charge < -0.3 is 15.4 Å². The monoisotopic (exact) mass is 264 g/mol. The Morgan fingerprint density at radius 3 is 2.68 bits per heavy atom. The van der Waals surface area contributed by atoms with Gasteiger partial charge in [-0.3, -0.25) is 4.79 Å². The lowest BCUT2D eigenvalue weighted by Gasteiger charge is -2.17. The van der Waals surface area contributed by atoms with Crippen LogP contribution in [-0.2, 0) is 0 Å². The van der Waals surface area contributed by atoms with Gasteiger partial charge in [-0.05, 0) is 24.5 Å². The van der Waals surface area contributed by atoms with Crippen LogP contribution in [0.2, 0.25) is 0 Å². The third-order valence-corrected chi connectivity index (χ3v) is 2.95. The molecule has 0 spiro atoms. The summed E-state index contributed by atoms with van der Waals surface area (Å²) < 4.78 is 5.78. The van der Waals surface area contributed by atoms with Gasteiger partial charge >= 0.3 is 0 Å². The third kappa shape index (κ3) is 4.47. The summed E-state index contributed by atoms with van der Waals surface area (Å²) in [7, 11) is 3.45. The maximum Gasteiger partial charge on any atom is 0.257 e. The normalized spacial score (nSPS) is 12.0. The number of nitrogens with two attached hydrogens (primary N) is 1. The van der Waals surface area contributed by atoms with Crippen LogP contribution < -0.4 is 10.5 Å². The van der Waals surface area contributed by atoms with Crippen molar-refractivity contribution in [2.75, 3.05) is 26.4 Å². The number of carbonyl (C=O) groups is 1. The van der Waals surface area contributed by atoms with Gasteiger partial charge in [0.05, 0.1) is 12.2 Å². The highest BCUT2D eigenvalue weighted by atomic mass is 16.5. The highest BCUT2D eigenvalue weighted by Crippen LogP contribution is 2.24. The standard InChI is InChI=1S/C15H24N2O2/c1-5-6-11(2)10-19-14-9-12(16)7-8-13(14)15(18)17(3)4/h7-9,11H,5-6,10,16H2,1-4H3. The molecule has 1 rings (SSSR count).